The molecular weight excluding hydrogens is 266 g/mol. The number of nitrogens with zero attached hydrogens (tertiary/aromatic N) is 1. The monoisotopic (exact) mass is 289 g/mol. The zero-order chi connectivity index (χ0) is 14.7. The topological polar surface area (TPSA) is 38.8 Å². The Morgan fingerprint density at radius 2 is 2.38 bits per heavy atom. The Hall–Kier alpha value is -1.55. The predicted octanol–water partition coefficient (Wildman–Crippen LogP) is 2.19. The molecule has 0 aromatic heterocycles. The molecule has 4 heteroatoms. The molecule has 3 rings (SSSR count). The van der Waals surface area contributed by atoms with Crippen molar-refractivity contribution in [2.24, 2.45) is 0 Å². The lowest BCUT2D eigenvalue weighted by atomic mass is 10.1. The van der Waals surface area contributed by atoms with Gasteiger partial charge in [0.25, 0.3) is 0 Å². The summed E-state index contributed by atoms with van der Waals surface area (Å²) in [4.78, 5) is 14.2. The number of hydrogen-bond acceptors (Lipinski definition) is 4. The van der Waals surface area contributed by atoms with Crippen LogP contribution in [-0.2, 0) is 22.4 Å². The molecular formula is C17H23NO3. The fourth-order valence-electron chi connectivity index (χ4n) is 3.27. The van der Waals surface area contributed by atoms with Crippen LogP contribution in [-0.4, -0.2) is 43.2 Å². The number of fused-ring (bicyclic) bond motifs is 1. The molecule has 1 fully saturated rings. The molecule has 0 saturated carbocycles. The van der Waals surface area contributed by atoms with Crippen molar-refractivity contribution < 1.29 is 14.3 Å². The molecule has 0 spiro atoms. The van der Waals surface area contributed by atoms with Crippen molar-refractivity contribution >= 4 is 5.97 Å². The maximum absolute atomic E-state index is 11.9. The van der Waals surface area contributed by atoms with E-state index in [0.29, 0.717) is 6.61 Å². The van der Waals surface area contributed by atoms with Gasteiger partial charge in [0.2, 0.25) is 0 Å². The molecule has 2 aliphatic heterocycles. The van der Waals surface area contributed by atoms with Crippen molar-refractivity contribution in [3.8, 4) is 5.75 Å². The van der Waals surface area contributed by atoms with Crippen molar-refractivity contribution in [1.29, 1.82) is 0 Å². The van der Waals surface area contributed by atoms with E-state index in [9.17, 15) is 4.79 Å². The number of esters is 1. The van der Waals surface area contributed by atoms with Crippen LogP contribution >= 0.6 is 0 Å². The third-order valence-electron chi connectivity index (χ3n) is 4.36. The van der Waals surface area contributed by atoms with Crippen LogP contribution in [0.3, 0.4) is 0 Å². The lowest BCUT2D eigenvalue weighted by Crippen LogP contribution is -2.38. The molecule has 114 valence electrons. The van der Waals surface area contributed by atoms with Gasteiger partial charge in [-0.15, -0.1) is 0 Å². The van der Waals surface area contributed by atoms with Crippen LogP contribution in [0.5, 0.6) is 5.75 Å². The van der Waals surface area contributed by atoms with E-state index in [1.807, 2.05) is 6.92 Å². The van der Waals surface area contributed by atoms with Crippen molar-refractivity contribution in [2.75, 3.05) is 26.3 Å². The van der Waals surface area contributed by atoms with Crippen LogP contribution in [0.2, 0.25) is 0 Å². The Kier molecular flexibility index (Phi) is 4.44. The Bertz CT molecular complexity index is 515. The number of carbonyl (C=O) groups is 1. The molecule has 2 heterocycles. The van der Waals surface area contributed by atoms with E-state index in [1.165, 1.54) is 11.1 Å². The third-order valence-corrected chi connectivity index (χ3v) is 4.36. The SMILES string of the molecule is CCOC(=O)C1CCCN1CCc1ccc2c(c1)CCO2. The summed E-state index contributed by atoms with van der Waals surface area (Å²) in [7, 11) is 0. The smallest absolute Gasteiger partial charge is 0.323 e. The van der Waals surface area contributed by atoms with E-state index in [1.54, 1.807) is 0 Å². The number of rotatable bonds is 5. The van der Waals surface area contributed by atoms with Crippen LogP contribution < -0.4 is 4.74 Å². The molecule has 0 aliphatic carbocycles. The Morgan fingerprint density at radius 1 is 1.48 bits per heavy atom. The van der Waals surface area contributed by atoms with Crippen molar-refractivity contribution in [2.45, 2.75) is 38.6 Å². The lowest BCUT2D eigenvalue weighted by Gasteiger charge is -2.22. The largest absolute Gasteiger partial charge is 0.493 e. The number of ether oxygens (including phenoxy) is 2. The summed E-state index contributed by atoms with van der Waals surface area (Å²) in [6.07, 6.45) is 4.00. The van der Waals surface area contributed by atoms with Gasteiger partial charge in [0.05, 0.1) is 13.2 Å². The van der Waals surface area contributed by atoms with Gasteiger partial charge in [-0.05, 0) is 49.9 Å². The zero-order valence-electron chi connectivity index (χ0n) is 12.6. The normalized spacial score (nSPS) is 21.1. The second-order valence-electron chi connectivity index (χ2n) is 5.74. The first kappa shape index (κ1) is 14.4. The third kappa shape index (κ3) is 3.21. The van der Waals surface area contributed by atoms with Gasteiger partial charge in [0.1, 0.15) is 11.8 Å². The summed E-state index contributed by atoms with van der Waals surface area (Å²) in [6, 6.07) is 6.42. The van der Waals surface area contributed by atoms with Gasteiger partial charge >= 0.3 is 5.97 Å². The van der Waals surface area contributed by atoms with E-state index in [4.69, 9.17) is 9.47 Å². The lowest BCUT2D eigenvalue weighted by molar-refractivity contribution is -0.148. The molecule has 2 aliphatic rings. The van der Waals surface area contributed by atoms with E-state index in [0.717, 1.165) is 51.1 Å². The highest BCUT2D eigenvalue weighted by Crippen LogP contribution is 2.26. The molecule has 0 N–H and O–H groups in total. The maximum Gasteiger partial charge on any atom is 0.323 e. The second-order valence-corrected chi connectivity index (χ2v) is 5.74. The first-order valence-electron chi connectivity index (χ1n) is 7.93. The summed E-state index contributed by atoms with van der Waals surface area (Å²) in [6.45, 7) is 5.05. The molecule has 0 amide bonds. The fourth-order valence-corrected chi connectivity index (χ4v) is 3.27. The predicted molar refractivity (Wildman–Crippen MR) is 80.6 cm³/mol. The van der Waals surface area contributed by atoms with E-state index in [2.05, 4.69) is 23.1 Å². The average Bonchev–Trinajstić information content (AvgIpc) is 3.13. The number of hydrogen-bond donors (Lipinski definition) is 0. The highest BCUT2D eigenvalue weighted by atomic mass is 16.5. The minimum Gasteiger partial charge on any atom is -0.493 e. The van der Waals surface area contributed by atoms with Gasteiger partial charge in [-0.2, -0.15) is 0 Å². The molecule has 1 unspecified atom stereocenters. The average molecular weight is 289 g/mol. The maximum atomic E-state index is 11.9. The quantitative estimate of drug-likeness (QED) is 0.779. The molecule has 1 aromatic rings. The Morgan fingerprint density at radius 3 is 3.24 bits per heavy atom. The minimum atomic E-state index is -0.0580. The van der Waals surface area contributed by atoms with Crippen LogP contribution in [0.25, 0.3) is 0 Å². The molecule has 4 nitrogen and oxygen atoms in total. The van der Waals surface area contributed by atoms with Crippen LogP contribution in [0.15, 0.2) is 18.2 Å². The van der Waals surface area contributed by atoms with Crippen LogP contribution in [0.4, 0.5) is 0 Å². The van der Waals surface area contributed by atoms with Crippen molar-refractivity contribution in [3.63, 3.8) is 0 Å². The number of likely N-dealkylation sites (tertiary alicyclic amines) is 1. The number of carbonyl (C=O) groups excluding carboxylic acids is 1. The molecule has 1 aromatic carbocycles. The van der Waals surface area contributed by atoms with Gasteiger partial charge in [-0.25, -0.2) is 0 Å². The van der Waals surface area contributed by atoms with E-state index < -0.39 is 0 Å². The summed E-state index contributed by atoms with van der Waals surface area (Å²) in [5, 5.41) is 0. The van der Waals surface area contributed by atoms with E-state index >= 15 is 0 Å². The minimum absolute atomic E-state index is 0.0392. The van der Waals surface area contributed by atoms with Crippen molar-refractivity contribution in [3.05, 3.63) is 29.3 Å². The van der Waals surface area contributed by atoms with Gasteiger partial charge in [0, 0.05) is 13.0 Å². The fraction of sp³-hybridized carbons (Fsp3) is 0.588. The standard InChI is InChI=1S/C17H23NO3/c1-2-20-17(19)15-4-3-9-18(15)10-7-13-5-6-16-14(12-13)8-11-21-16/h5-6,12,15H,2-4,7-11H2,1H3. The summed E-state index contributed by atoms with van der Waals surface area (Å²) in [5.74, 6) is 0.974. The zero-order valence-corrected chi connectivity index (χ0v) is 12.6. The van der Waals surface area contributed by atoms with Crippen LogP contribution in [0.1, 0.15) is 30.9 Å². The molecule has 21 heavy (non-hydrogen) atoms. The molecule has 0 radical (unpaired) electrons. The first-order chi connectivity index (χ1) is 10.3. The summed E-state index contributed by atoms with van der Waals surface area (Å²) >= 11 is 0. The van der Waals surface area contributed by atoms with Gasteiger partial charge in [0.15, 0.2) is 0 Å². The Labute approximate surface area is 126 Å². The van der Waals surface area contributed by atoms with E-state index in [-0.39, 0.29) is 12.0 Å². The molecule has 1 atom stereocenters. The number of benzene rings is 1. The van der Waals surface area contributed by atoms with Gasteiger partial charge in [-0.3, -0.25) is 9.69 Å². The van der Waals surface area contributed by atoms with Crippen molar-refractivity contribution in [1.82, 2.24) is 4.90 Å². The first-order valence-corrected chi connectivity index (χ1v) is 7.93. The highest BCUT2D eigenvalue weighted by molar-refractivity contribution is 5.76. The van der Waals surface area contributed by atoms with Gasteiger partial charge in [-0.1, -0.05) is 12.1 Å². The second kappa shape index (κ2) is 6.48. The van der Waals surface area contributed by atoms with Crippen LogP contribution in [0, 0.1) is 0 Å². The summed E-state index contributed by atoms with van der Waals surface area (Å²) < 4.78 is 10.7. The van der Waals surface area contributed by atoms with Gasteiger partial charge < -0.3 is 9.47 Å². The molecule has 0 bridgehead atoms. The summed E-state index contributed by atoms with van der Waals surface area (Å²) in [5.41, 5.74) is 2.64. The highest BCUT2D eigenvalue weighted by Gasteiger charge is 2.31. The Balaban J connectivity index is 1.58. The molecule has 1 saturated heterocycles.